The Hall–Kier alpha value is -1.69. The molecule has 0 radical (unpaired) electrons. The van der Waals surface area contributed by atoms with Crippen molar-refractivity contribution in [3.8, 4) is 0 Å². The maximum absolute atomic E-state index is 10.5. The highest BCUT2D eigenvalue weighted by Crippen LogP contribution is 2.40. The Kier molecular flexibility index (Phi) is 3.71. The molecule has 0 aliphatic carbocycles. The van der Waals surface area contributed by atoms with Gasteiger partial charge in [-0.15, -0.1) is 0 Å². The third kappa shape index (κ3) is 2.53. The number of pyridine rings is 1. The van der Waals surface area contributed by atoms with Crippen molar-refractivity contribution in [2.24, 2.45) is 5.41 Å². The normalized spacial score (nSPS) is 20.1. The summed E-state index contributed by atoms with van der Waals surface area (Å²) in [5.41, 5.74) is 1.45. The lowest BCUT2D eigenvalue weighted by atomic mass is 9.73. The fourth-order valence-corrected chi connectivity index (χ4v) is 2.92. The maximum atomic E-state index is 10.5. The Morgan fingerprint density at radius 1 is 1.26 bits per heavy atom. The molecule has 1 spiro atoms. The van der Waals surface area contributed by atoms with Crippen molar-refractivity contribution in [3.63, 3.8) is 0 Å². The molecule has 1 aromatic rings. The molecule has 0 aromatic carbocycles. The molecule has 3 rings (SSSR count). The number of anilines is 1. The van der Waals surface area contributed by atoms with Crippen LogP contribution in [-0.2, 0) is 0 Å². The van der Waals surface area contributed by atoms with Crippen molar-refractivity contribution in [3.05, 3.63) is 28.4 Å². The zero-order valence-electron chi connectivity index (χ0n) is 11.7. The number of nitrogens with zero attached hydrogens (tertiary/aromatic N) is 4. The van der Waals surface area contributed by atoms with E-state index in [1.807, 2.05) is 13.8 Å². The monoisotopic (exact) mass is 264 g/mol. The van der Waals surface area contributed by atoms with Gasteiger partial charge < -0.3 is 19.9 Å². The van der Waals surface area contributed by atoms with E-state index >= 15 is 0 Å². The highest BCUT2D eigenvalue weighted by atomic mass is 16.6. The molecule has 2 fully saturated rings. The number of hydrogen-bond acceptors (Lipinski definition) is 5. The van der Waals surface area contributed by atoms with Gasteiger partial charge in [-0.1, -0.05) is 13.8 Å². The molecular formula is C13H20N4O2. The van der Waals surface area contributed by atoms with Crippen LogP contribution in [-0.4, -0.2) is 48.0 Å². The summed E-state index contributed by atoms with van der Waals surface area (Å²) < 4.78 is 0. The number of hydrogen-bond donors (Lipinski definition) is 0. The van der Waals surface area contributed by atoms with Gasteiger partial charge in [0, 0.05) is 37.7 Å². The van der Waals surface area contributed by atoms with Crippen LogP contribution in [0.15, 0.2) is 18.3 Å². The summed E-state index contributed by atoms with van der Waals surface area (Å²) in [5.74, 6) is -0.0904. The molecule has 19 heavy (non-hydrogen) atoms. The molecule has 0 unspecified atom stereocenters. The molecule has 6 heteroatoms. The van der Waals surface area contributed by atoms with E-state index in [0.717, 1.165) is 31.9 Å². The molecule has 1 aromatic heterocycles. The summed E-state index contributed by atoms with van der Waals surface area (Å²) in [4.78, 5) is 18.4. The van der Waals surface area contributed by atoms with Crippen LogP contribution in [0.4, 0.5) is 11.5 Å². The molecule has 2 aliphatic heterocycles. The lowest BCUT2D eigenvalue weighted by molar-refractivity contribution is -0.389. The molecular weight excluding hydrogens is 244 g/mol. The van der Waals surface area contributed by atoms with Crippen molar-refractivity contribution < 1.29 is 4.92 Å². The van der Waals surface area contributed by atoms with Gasteiger partial charge in [0.15, 0.2) is 6.20 Å². The first-order valence-electron chi connectivity index (χ1n) is 6.62. The predicted octanol–water partition coefficient (Wildman–Crippen LogP) is 1.77. The summed E-state index contributed by atoms with van der Waals surface area (Å²) in [7, 11) is 2.13. The van der Waals surface area contributed by atoms with E-state index in [1.165, 1.54) is 6.07 Å². The van der Waals surface area contributed by atoms with Crippen LogP contribution in [0.1, 0.15) is 13.8 Å². The minimum Gasteiger partial charge on any atom is -0.367 e. The van der Waals surface area contributed by atoms with Crippen LogP contribution < -0.4 is 4.90 Å². The molecule has 0 N–H and O–H groups in total. The van der Waals surface area contributed by atoms with Gasteiger partial charge in [0.1, 0.15) is 0 Å². The summed E-state index contributed by atoms with van der Waals surface area (Å²) in [5, 5.41) is 10.5. The van der Waals surface area contributed by atoms with Crippen molar-refractivity contribution in [2.75, 3.05) is 38.1 Å². The highest BCUT2D eigenvalue weighted by Gasteiger charge is 2.50. The van der Waals surface area contributed by atoms with E-state index < -0.39 is 4.92 Å². The smallest absolute Gasteiger partial charge is 0.363 e. The third-order valence-electron chi connectivity index (χ3n) is 3.55. The number of nitro groups is 1. The largest absolute Gasteiger partial charge is 0.367 e. The first-order chi connectivity index (χ1) is 9.08. The van der Waals surface area contributed by atoms with E-state index in [2.05, 4.69) is 21.8 Å². The minimum absolute atomic E-state index is 0.0904. The van der Waals surface area contributed by atoms with Gasteiger partial charge in [-0.3, -0.25) is 0 Å². The Bertz CT molecular complexity index is 446. The zero-order valence-corrected chi connectivity index (χ0v) is 11.7. The second kappa shape index (κ2) is 5.13. The van der Waals surface area contributed by atoms with Crippen LogP contribution in [0.25, 0.3) is 0 Å². The van der Waals surface area contributed by atoms with Crippen molar-refractivity contribution in [1.82, 2.24) is 9.88 Å². The van der Waals surface area contributed by atoms with Crippen LogP contribution in [0.5, 0.6) is 0 Å². The van der Waals surface area contributed by atoms with Crippen molar-refractivity contribution in [1.29, 1.82) is 0 Å². The van der Waals surface area contributed by atoms with Crippen molar-refractivity contribution in [2.45, 2.75) is 13.8 Å². The van der Waals surface area contributed by atoms with Gasteiger partial charge in [0.05, 0.1) is 5.69 Å². The summed E-state index contributed by atoms with van der Waals surface area (Å²) >= 11 is 0. The lowest BCUT2D eigenvalue weighted by Crippen LogP contribution is -2.71. The predicted molar refractivity (Wildman–Crippen MR) is 74.4 cm³/mol. The minimum atomic E-state index is -0.470. The Morgan fingerprint density at radius 3 is 2.32 bits per heavy atom. The van der Waals surface area contributed by atoms with E-state index in [9.17, 15) is 10.1 Å². The zero-order chi connectivity index (χ0) is 14.0. The topological polar surface area (TPSA) is 62.5 Å². The Labute approximate surface area is 113 Å². The molecule has 104 valence electrons. The maximum Gasteiger partial charge on any atom is 0.363 e. The lowest BCUT2D eigenvalue weighted by Gasteiger charge is -2.60. The second-order valence-electron chi connectivity index (χ2n) is 5.16. The summed E-state index contributed by atoms with van der Waals surface area (Å²) in [6, 6.07) is 3.24. The van der Waals surface area contributed by atoms with Crippen LogP contribution in [0.3, 0.4) is 0 Å². The molecule has 3 heterocycles. The molecule has 2 saturated heterocycles. The van der Waals surface area contributed by atoms with E-state index in [-0.39, 0.29) is 5.82 Å². The van der Waals surface area contributed by atoms with Crippen LogP contribution >= 0.6 is 0 Å². The molecule has 0 bridgehead atoms. The number of aromatic nitrogens is 1. The van der Waals surface area contributed by atoms with Gasteiger partial charge >= 0.3 is 5.82 Å². The summed E-state index contributed by atoms with van der Waals surface area (Å²) in [6.45, 7) is 8.39. The second-order valence-corrected chi connectivity index (χ2v) is 5.16. The average molecular weight is 264 g/mol. The molecule has 2 aliphatic rings. The molecule has 0 atom stereocenters. The quantitative estimate of drug-likeness (QED) is 0.601. The van der Waals surface area contributed by atoms with Gasteiger partial charge in [0.2, 0.25) is 0 Å². The molecule has 0 saturated carbocycles. The Morgan fingerprint density at radius 2 is 1.89 bits per heavy atom. The molecule has 6 nitrogen and oxygen atoms in total. The van der Waals surface area contributed by atoms with E-state index in [4.69, 9.17) is 0 Å². The first kappa shape index (κ1) is 13.7. The van der Waals surface area contributed by atoms with E-state index in [0.29, 0.717) is 5.41 Å². The SMILES string of the molecule is CC.CN1CC2(C1)CN(c1ccc([N+](=O)[O-])nc1)C2. The van der Waals surface area contributed by atoms with Crippen molar-refractivity contribution >= 4 is 11.5 Å². The average Bonchev–Trinajstić information content (AvgIpc) is 2.34. The van der Waals surface area contributed by atoms with Gasteiger partial charge in [0.25, 0.3) is 0 Å². The van der Waals surface area contributed by atoms with Gasteiger partial charge in [-0.05, 0) is 23.0 Å². The highest BCUT2D eigenvalue weighted by molar-refractivity contribution is 5.50. The number of likely N-dealkylation sites (tertiary alicyclic amines) is 1. The Balaban J connectivity index is 0.000000637. The number of rotatable bonds is 2. The van der Waals surface area contributed by atoms with Gasteiger partial charge in [-0.2, -0.15) is 0 Å². The molecule has 0 amide bonds. The fraction of sp³-hybridized carbons (Fsp3) is 0.615. The summed E-state index contributed by atoms with van der Waals surface area (Å²) in [6.07, 6.45) is 1.59. The third-order valence-corrected chi connectivity index (χ3v) is 3.55. The van der Waals surface area contributed by atoms with E-state index in [1.54, 1.807) is 12.3 Å². The first-order valence-corrected chi connectivity index (χ1v) is 6.62. The van der Waals surface area contributed by atoms with Crippen LogP contribution in [0, 0.1) is 15.5 Å². The standard InChI is InChI=1S/C11H14N4O2.C2H6/c1-13-5-11(6-13)7-14(8-11)9-2-3-10(12-4-9)15(16)17;1-2/h2-4H,5-8H2,1H3;1-2H3. The van der Waals surface area contributed by atoms with Crippen LogP contribution in [0.2, 0.25) is 0 Å². The fourth-order valence-electron chi connectivity index (χ4n) is 2.92. The van der Waals surface area contributed by atoms with Gasteiger partial charge in [-0.25, -0.2) is 0 Å².